The van der Waals surface area contributed by atoms with E-state index in [1.807, 2.05) is 55.5 Å². The third-order valence-corrected chi connectivity index (χ3v) is 12.2. The minimum absolute atomic E-state index is 0.0132. The molecule has 2 fully saturated rings. The van der Waals surface area contributed by atoms with Crippen LogP contribution in [0.15, 0.2) is 60.7 Å². The lowest BCUT2D eigenvalue weighted by Gasteiger charge is -2.29. The van der Waals surface area contributed by atoms with Crippen molar-refractivity contribution in [1.29, 1.82) is 0 Å². The van der Waals surface area contributed by atoms with Gasteiger partial charge < -0.3 is 40.7 Å². The highest BCUT2D eigenvalue weighted by atomic mass is 16.6. The zero-order chi connectivity index (χ0) is 48.3. The predicted molar refractivity (Wildman–Crippen MR) is 246 cm³/mol. The van der Waals surface area contributed by atoms with Gasteiger partial charge in [0.2, 0.25) is 6.10 Å². The summed E-state index contributed by atoms with van der Waals surface area (Å²) in [6.45, 7) is 6.54. The van der Waals surface area contributed by atoms with Crippen molar-refractivity contribution in [3.8, 4) is 0 Å². The van der Waals surface area contributed by atoms with Crippen molar-refractivity contribution in [1.82, 2.24) is 0 Å². The molecule has 65 heavy (non-hydrogen) atoms. The summed E-state index contributed by atoms with van der Waals surface area (Å²) in [5.74, 6) is -3.68. The van der Waals surface area contributed by atoms with Crippen LogP contribution in [0.4, 0.5) is 0 Å². The molecule has 0 radical (unpaired) electrons. The summed E-state index contributed by atoms with van der Waals surface area (Å²) >= 11 is 0. The van der Waals surface area contributed by atoms with Gasteiger partial charge in [-0.2, -0.15) is 0 Å². The first-order valence-corrected chi connectivity index (χ1v) is 23.7. The van der Waals surface area contributed by atoms with Crippen molar-refractivity contribution >= 4 is 35.3 Å². The van der Waals surface area contributed by atoms with Crippen molar-refractivity contribution in [3.05, 3.63) is 71.8 Å². The largest absolute Gasteiger partial charge is 0.478 e. The SMILES string of the molecule is CC(=O)O[C@H](Cc1ccccc1)C(=O)O.CCCC[C@H](CC(=O)[C@@H](Cc1ccccc1)OC(C)=O)[C@H](O)C(=O)C[C@H]1CCCC[C@@H]1O.CCCC[C@H](N)[C@H](O)C(=O)C[C@H]1CCCC[C@@H]1O. The first-order valence-electron chi connectivity index (χ1n) is 23.7. The molecule has 0 spiro atoms. The molecule has 7 N–H and O–H groups in total. The molecule has 14 nitrogen and oxygen atoms in total. The Labute approximate surface area is 385 Å². The summed E-state index contributed by atoms with van der Waals surface area (Å²) in [6.07, 6.45) is 7.55. The zero-order valence-electron chi connectivity index (χ0n) is 39.1. The number of carbonyl (C=O) groups excluding carboxylic acids is 5. The number of ether oxygens (including phenoxy) is 2. The van der Waals surface area contributed by atoms with E-state index in [2.05, 4.69) is 11.7 Å². The zero-order valence-corrected chi connectivity index (χ0v) is 39.1. The van der Waals surface area contributed by atoms with Gasteiger partial charge in [-0.15, -0.1) is 0 Å². The molecule has 0 aliphatic heterocycles. The number of benzene rings is 2. The maximum atomic E-state index is 13.1. The van der Waals surface area contributed by atoms with E-state index in [0.717, 1.165) is 81.8 Å². The van der Waals surface area contributed by atoms with E-state index in [4.69, 9.17) is 15.6 Å². The average molecular weight is 912 g/mol. The Kier molecular flexibility index (Phi) is 27.6. The summed E-state index contributed by atoms with van der Waals surface area (Å²) < 4.78 is 9.99. The number of Topliss-reactive ketones (excluding diaryl/α,β-unsaturated/α-hetero) is 3. The van der Waals surface area contributed by atoms with Crippen LogP contribution in [0.1, 0.15) is 148 Å². The Hall–Kier alpha value is -4.34. The van der Waals surface area contributed by atoms with E-state index in [9.17, 15) is 49.2 Å². The van der Waals surface area contributed by atoms with Crippen molar-refractivity contribution in [3.63, 3.8) is 0 Å². The molecule has 10 atom stereocenters. The highest BCUT2D eigenvalue weighted by molar-refractivity contribution is 5.88. The maximum absolute atomic E-state index is 13.1. The molecule has 2 aliphatic carbocycles. The third kappa shape index (κ3) is 22.6. The summed E-state index contributed by atoms with van der Waals surface area (Å²) in [6, 6.07) is 17.9. The Morgan fingerprint density at radius 1 is 0.615 bits per heavy atom. The van der Waals surface area contributed by atoms with Crippen LogP contribution in [0.3, 0.4) is 0 Å². The standard InChI is InChI=1S/C26H38O6.C14H27NO3.C11H12O4/c1-3-4-12-21(26(31)24(30)16-20-13-8-9-14-22(20)28)17-23(29)25(32-18(2)27)15-19-10-6-5-7-11-19;1-2-3-7-11(15)14(18)13(17)9-10-6-4-5-8-12(10)16;1-8(12)15-10(11(13)14)7-9-5-3-2-4-6-9/h5-7,10-11,20-22,25-26,28,31H,3-4,8-9,12-17H2,1-2H3;10-12,14,16,18H,2-9,15H2,1H3;2-6,10H,7H2,1H3,(H,13,14)/t20-,21-,22+,25-,26+;10-,11+,12+,14+;10-/m111/s1. The second-order valence-electron chi connectivity index (χ2n) is 17.7. The Balaban J connectivity index is 0.000000370. The minimum atomic E-state index is -1.26. The van der Waals surface area contributed by atoms with Gasteiger partial charge in [-0.1, -0.05) is 126 Å². The van der Waals surface area contributed by atoms with Gasteiger partial charge in [0.1, 0.15) is 12.2 Å². The number of carboxylic acids is 1. The number of hydrogen-bond donors (Lipinski definition) is 6. The number of nitrogens with two attached hydrogens (primary N) is 1. The molecule has 2 aromatic carbocycles. The predicted octanol–water partition coefficient (Wildman–Crippen LogP) is 6.42. The van der Waals surface area contributed by atoms with Gasteiger partial charge in [-0.3, -0.25) is 24.0 Å². The molecule has 2 saturated carbocycles. The lowest BCUT2D eigenvalue weighted by Crippen LogP contribution is -2.42. The number of esters is 2. The first-order chi connectivity index (χ1) is 31.0. The molecule has 2 aliphatic rings. The van der Waals surface area contributed by atoms with Crippen LogP contribution in [0.5, 0.6) is 0 Å². The number of aliphatic carboxylic acids is 1. The van der Waals surface area contributed by atoms with E-state index in [0.29, 0.717) is 19.3 Å². The fourth-order valence-electron chi connectivity index (χ4n) is 8.40. The van der Waals surface area contributed by atoms with E-state index >= 15 is 0 Å². The molecule has 0 saturated heterocycles. The highest BCUT2D eigenvalue weighted by Gasteiger charge is 2.35. The van der Waals surface area contributed by atoms with Gasteiger partial charge >= 0.3 is 17.9 Å². The summed E-state index contributed by atoms with van der Waals surface area (Å²) in [4.78, 5) is 70.9. The van der Waals surface area contributed by atoms with Gasteiger partial charge in [0.15, 0.2) is 23.5 Å². The Bertz CT molecular complexity index is 1710. The van der Waals surface area contributed by atoms with Gasteiger partial charge in [-0.25, -0.2) is 4.79 Å². The van der Waals surface area contributed by atoms with Crippen LogP contribution in [0, 0.1) is 17.8 Å². The van der Waals surface area contributed by atoms with Crippen molar-refractivity contribution in [2.75, 3.05) is 0 Å². The topological polar surface area (TPSA) is 248 Å². The van der Waals surface area contributed by atoms with Crippen LogP contribution in [-0.2, 0) is 51.1 Å². The molecule has 0 bridgehead atoms. The number of aliphatic hydroxyl groups excluding tert-OH is 4. The number of carboxylic acid groups (broad SMARTS) is 1. The van der Waals surface area contributed by atoms with Crippen LogP contribution in [0.25, 0.3) is 0 Å². The smallest absolute Gasteiger partial charge is 0.345 e. The van der Waals surface area contributed by atoms with Gasteiger partial charge in [0, 0.05) is 52.0 Å². The molecule has 2 aromatic rings. The minimum Gasteiger partial charge on any atom is -0.478 e. The second kappa shape index (κ2) is 31.6. The number of aliphatic hydroxyl groups is 4. The molecule has 4 rings (SSSR count). The molecule has 0 unspecified atom stereocenters. The molecular weight excluding hydrogens is 835 g/mol. The lowest BCUT2D eigenvalue weighted by atomic mass is 9.80. The summed E-state index contributed by atoms with van der Waals surface area (Å²) in [7, 11) is 0. The van der Waals surface area contributed by atoms with Crippen molar-refractivity contribution in [2.24, 2.45) is 23.5 Å². The first kappa shape index (κ1) is 56.8. The van der Waals surface area contributed by atoms with Crippen LogP contribution in [-0.4, -0.2) is 103 Å². The van der Waals surface area contributed by atoms with E-state index in [1.165, 1.54) is 13.8 Å². The van der Waals surface area contributed by atoms with E-state index < -0.39 is 60.4 Å². The molecule has 14 heteroatoms. The number of rotatable bonds is 24. The number of ketones is 3. The maximum Gasteiger partial charge on any atom is 0.345 e. The molecular formula is C51H77NO13. The fourth-order valence-corrected chi connectivity index (χ4v) is 8.40. The molecule has 0 amide bonds. The average Bonchev–Trinajstić information content (AvgIpc) is 3.28. The van der Waals surface area contributed by atoms with Gasteiger partial charge in [0.25, 0.3) is 0 Å². The Morgan fingerprint density at radius 2 is 1.03 bits per heavy atom. The number of unbranched alkanes of at least 4 members (excludes halogenated alkanes) is 2. The highest BCUT2D eigenvalue weighted by Crippen LogP contribution is 2.30. The fraction of sp³-hybridized carbons (Fsp3) is 0.647. The molecule has 0 heterocycles. The Morgan fingerprint density at radius 3 is 1.46 bits per heavy atom. The van der Waals surface area contributed by atoms with Crippen molar-refractivity contribution in [2.45, 2.75) is 192 Å². The number of carbonyl (C=O) groups is 6. The van der Waals surface area contributed by atoms with Crippen molar-refractivity contribution < 1.29 is 63.8 Å². The number of hydrogen-bond acceptors (Lipinski definition) is 13. The van der Waals surface area contributed by atoms with E-state index in [-0.39, 0.29) is 67.4 Å². The summed E-state index contributed by atoms with van der Waals surface area (Å²) in [5.41, 5.74) is 7.51. The van der Waals surface area contributed by atoms with Gasteiger partial charge in [0.05, 0.1) is 12.2 Å². The monoisotopic (exact) mass is 912 g/mol. The van der Waals surface area contributed by atoms with Gasteiger partial charge in [-0.05, 0) is 67.4 Å². The van der Waals surface area contributed by atoms with Crippen LogP contribution >= 0.6 is 0 Å². The lowest BCUT2D eigenvalue weighted by molar-refractivity contribution is -0.162. The second-order valence-corrected chi connectivity index (χ2v) is 17.7. The summed E-state index contributed by atoms with van der Waals surface area (Å²) in [5, 5.41) is 49.5. The molecule has 364 valence electrons. The normalized spacial score (nSPS) is 20.9. The molecule has 0 aromatic heterocycles. The van der Waals surface area contributed by atoms with Crippen LogP contribution in [0.2, 0.25) is 0 Å². The van der Waals surface area contributed by atoms with Crippen LogP contribution < -0.4 is 5.73 Å². The third-order valence-electron chi connectivity index (χ3n) is 12.2. The van der Waals surface area contributed by atoms with E-state index in [1.54, 1.807) is 12.1 Å². The quantitative estimate of drug-likeness (QED) is 0.0623.